The summed E-state index contributed by atoms with van der Waals surface area (Å²) in [6.07, 6.45) is 4.67. The second-order valence-electron chi connectivity index (χ2n) is 9.63. The number of hydrogen-bond donors (Lipinski definition) is 1. The molecule has 6 heteroatoms. The van der Waals surface area contributed by atoms with Crippen LogP contribution in [0.15, 0.2) is 48.8 Å². The van der Waals surface area contributed by atoms with E-state index in [0.717, 1.165) is 18.4 Å². The van der Waals surface area contributed by atoms with E-state index in [9.17, 15) is 9.59 Å². The van der Waals surface area contributed by atoms with Crippen LogP contribution in [0.25, 0.3) is 0 Å². The smallest absolute Gasteiger partial charge is 0.251 e. The van der Waals surface area contributed by atoms with Crippen LogP contribution in [0.2, 0.25) is 0 Å². The quantitative estimate of drug-likeness (QED) is 0.824. The summed E-state index contributed by atoms with van der Waals surface area (Å²) < 4.78 is 6.07. The van der Waals surface area contributed by atoms with Crippen LogP contribution in [0, 0.1) is 5.41 Å². The fourth-order valence-corrected chi connectivity index (χ4v) is 5.24. The zero-order valence-corrected chi connectivity index (χ0v) is 18.7. The van der Waals surface area contributed by atoms with E-state index in [0.29, 0.717) is 18.7 Å². The number of carbonyl (C=O) groups excluding carboxylic acids is 2. The minimum absolute atomic E-state index is 0.137. The van der Waals surface area contributed by atoms with E-state index in [1.165, 1.54) is 5.56 Å². The topological polar surface area (TPSA) is 71.5 Å². The van der Waals surface area contributed by atoms with Crippen LogP contribution in [0.4, 0.5) is 0 Å². The molecule has 1 aromatic heterocycles. The molecule has 1 N–H and O–H groups in total. The Kier molecular flexibility index (Phi) is 5.60. The summed E-state index contributed by atoms with van der Waals surface area (Å²) in [7, 11) is 1.72. The molecule has 6 nitrogen and oxygen atoms in total. The molecule has 0 saturated carbocycles. The number of pyridine rings is 1. The molecule has 0 unspecified atom stereocenters. The third-order valence-electron chi connectivity index (χ3n) is 6.75. The van der Waals surface area contributed by atoms with Crippen LogP contribution < -0.4 is 5.32 Å². The molecule has 2 heterocycles. The van der Waals surface area contributed by atoms with Gasteiger partial charge >= 0.3 is 0 Å². The van der Waals surface area contributed by atoms with Gasteiger partial charge in [0.2, 0.25) is 5.91 Å². The van der Waals surface area contributed by atoms with Crippen molar-refractivity contribution < 1.29 is 14.3 Å². The van der Waals surface area contributed by atoms with Gasteiger partial charge < -0.3 is 15.0 Å². The van der Waals surface area contributed by atoms with Gasteiger partial charge in [0.15, 0.2) is 0 Å². The van der Waals surface area contributed by atoms with Gasteiger partial charge in [-0.25, -0.2) is 0 Å². The van der Waals surface area contributed by atoms with Crippen LogP contribution in [0.3, 0.4) is 0 Å². The molecule has 1 spiro atoms. The molecule has 164 valence electrons. The molecule has 0 radical (unpaired) electrons. The predicted octanol–water partition coefficient (Wildman–Crippen LogP) is 3.49. The number of methoxy groups -OCH3 is 1. The molecule has 0 bridgehead atoms. The van der Waals surface area contributed by atoms with Crippen LogP contribution in [0.1, 0.15) is 61.1 Å². The molecule has 1 aromatic carbocycles. The van der Waals surface area contributed by atoms with Gasteiger partial charge in [0.05, 0.1) is 12.1 Å². The van der Waals surface area contributed by atoms with Crippen LogP contribution in [-0.2, 0) is 14.9 Å². The summed E-state index contributed by atoms with van der Waals surface area (Å²) in [5, 5.41) is 3.21. The molecule has 2 amide bonds. The third-order valence-corrected chi connectivity index (χ3v) is 6.75. The Balaban J connectivity index is 1.63. The van der Waals surface area contributed by atoms with Gasteiger partial charge in [-0.1, -0.05) is 45.0 Å². The first-order valence-corrected chi connectivity index (χ1v) is 10.9. The number of nitrogens with zero attached hydrogens (tertiary/aromatic N) is 2. The number of rotatable bonds is 3. The number of amides is 2. The fraction of sp³-hybridized carbons (Fsp3) is 0.480. The Bertz CT molecular complexity index is 959. The van der Waals surface area contributed by atoms with Crippen molar-refractivity contribution in [3.05, 3.63) is 65.5 Å². The highest BCUT2D eigenvalue weighted by Gasteiger charge is 2.54. The Morgan fingerprint density at radius 3 is 2.35 bits per heavy atom. The molecule has 1 fully saturated rings. The monoisotopic (exact) mass is 421 g/mol. The van der Waals surface area contributed by atoms with Crippen molar-refractivity contribution in [1.29, 1.82) is 0 Å². The van der Waals surface area contributed by atoms with Gasteiger partial charge in [-0.2, -0.15) is 0 Å². The van der Waals surface area contributed by atoms with Crippen LogP contribution >= 0.6 is 0 Å². The van der Waals surface area contributed by atoms with E-state index >= 15 is 0 Å². The minimum atomic E-state index is -0.389. The fourth-order valence-electron chi connectivity index (χ4n) is 5.24. The maximum Gasteiger partial charge on any atom is 0.251 e. The van der Waals surface area contributed by atoms with E-state index < -0.39 is 0 Å². The molecule has 2 atom stereocenters. The SMILES string of the molecule is CO[C@H]1[C@H](NC(=O)c2ccncc2)c2ccccc2C12CCN(C(=O)C(C)(C)C)CC2. The number of benzene rings is 1. The summed E-state index contributed by atoms with van der Waals surface area (Å²) in [5.41, 5.74) is 2.29. The lowest BCUT2D eigenvalue weighted by Gasteiger charge is -2.45. The Hall–Kier alpha value is -2.73. The van der Waals surface area contributed by atoms with Gasteiger partial charge in [-0.05, 0) is 36.1 Å². The van der Waals surface area contributed by atoms with Crippen LogP contribution in [-0.4, -0.2) is 48.0 Å². The predicted molar refractivity (Wildman–Crippen MR) is 119 cm³/mol. The first-order chi connectivity index (χ1) is 14.8. The minimum Gasteiger partial charge on any atom is -0.378 e. The number of likely N-dealkylation sites (tertiary alicyclic amines) is 1. The Morgan fingerprint density at radius 1 is 1.10 bits per heavy atom. The summed E-state index contributed by atoms with van der Waals surface area (Å²) in [6, 6.07) is 11.5. The van der Waals surface area contributed by atoms with E-state index in [4.69, 9.17) is 4.74 Å². The molecule has 1 aliphatic heterocycles. The number of aromatic nitrogens is 1. The van der Waals surface area contributed by atoms with Crippen molar-refractivity contribution in [2.45, 2.75) is 51.2 Å². The number of carbonyl (C=O) groups is 2. The first kappa shape index (κ1) is 21.5. The van der Waals surface area contributed by atoms with Gasteiger partial charge in [-0.3, -0.25) is 14.6 Å². The molecular formula is C25H31N3O3. The van der Waals surface area contributed by atoms with E-state index in [2.05, 4.69) is 22.4 Å². The lowest BCUT2D eigenvalue weighted by Crippen LogP contribution is -2.53. The van der Waals surface area contributed by atoms with E-state index in [1.807, 2.05) is 37.8 Å². The first-order valence-electron chi connectivity index (χ1n) is 10.9. The van der Waals surface area contributed by atoms with Crippen molar-refractivity contribution in [2.24, 2.45) is 5.41 Å². The summed E-state index contributed by atoms with van der Waals surface area (Å²) in [4.78, 5) is 31.7. The maximum atomic E-state index is 12.9. The highest BCUT2D eigenvalue weighted by atomic mass is 16.5. The molecule has 31 heavy (non-hydrogen) atoms. The molecule has 2 aliphatic rings. The number of ether oxygens (including phenoxy) is 1. The zero-order chi connectivity index (χ0) is 22.2. The lowest BCUT2D eigenvalue weighted by molar-refractivity contribution is -0.142. The lowest BCUT2D eigenvalue weighted by atomic mass is 9.71. The average Bonchev–Trinajstić information content (AvgIpc) is 3.02. The molecular weight excluding hydrogens is 390 g/mol. The number of piperidine rings is 1. The molecule has 2 aromatic rings. The summed E-state index contributed by atoms with van der Waals surface area (Å²) in [6.45, 7) is 7.28. The van der Waals surface area contributed by atoms with E-state index in [1.54, 1.807) is 31.6 Å². The highest BCUT2D eigenvalue weighted by Crippen LogP contribution is 2.52. The average molecular weight is 422 g/mol. The van der Waals surface area contributed by atoms with Crippen molar-refractivity contribution in [3.8, 4) is 0 Å². The number of nitrogens with one attached hydrogen (secondary N) is 1. The molecule has 4 rings (SSSR count). The van der Waals surface area contributed by atoms with Gasteiger partial charge in [-0.15, -0.1) is 0 Å². The van der Waals surface area contributed by atoms with Gasteiger partial charge in [0.25, 0.3) is 5.91 Å². The normalized spacial score (nSPS) is 22.3. The van der Waals surface area contributed by atoms with Gasteiger partial charge in [0.1, 0.15) is 0 Å². The van der Waals surface area contributed by atoms with Crippen molar-refractivity contribution in [3.63, 3.8) is 0 Å². The third kappa shape index (κ3) is 3.74. The second kappa shape index (κ2) is 8.08. The summed E-state index contributed by atoms with van der Waals surface area (Å²) >= 11 is 0. The Labute approximate surface area is 184 Å². The largest absolute Gasteiger partial charge is 0.378 e. The highest BCUT2D eigenvalue weighted by molar-refractivity contribution is 5.94. The zero-order valence-electron chi connectivity index (χ0n) is 18.7. The van der Waals surface area contributed by atoms with Crippen molar-refractivity contribution in [1.82, 2.24) is 15.2 Å². The maximum absolute atomic E-state index is 12.9. The van der Waals surface area contributed by atoms with E-state index in [-0.39, 0.29) is 34.8 Å². The summed E-state index contributed by atoms with van der Waals surface area (Å²) in [5.74, 6) is 0.0480. The standard InChI is InChI=1S/C25H31N3O3/c1-24(2,3)23(30)28-15-11-25(12-16-28)19-8-6-5-7-18(19)20(21(25)31-4)27-22(29)17-9-13-26-14-10-17/h5-10,13-14,20-21H,11-12,15-16H2,1-4H3,(H,27,29)/t20-,21+/m1/s1. The second-order valence-corrected chi connectivity index (χ2v) is 9.63. The Morgan fingerprint density at radius 2 is 1.74 bits per heavy atom. The molecule has 1 saturated heterocycles. The van der Waals surface area contributed by atoms with Crippen molar-refractivity contribution in [2.75, 3.05) is 20.2 Å². The molecule has 1 aliphatic carbocycles. The van der Waals surface area contributed by atoms with Crippen molar-refractivity contribution >= 4 is 11.8 Å². The number of hydrogen-bond acceptors (Lipinski definition) is 4. The number of fused-ring (bicyclic) bond motifs is 2. The van der Waals surface area contributed by atoms with Gasteiger partial charge in [0, 0.05) is 49.0 Å². The van der Waals surface area contributed by atoms with Crippen LogP contribution in [0.5, 0.6) is 0 Å².